The number of aromatic nitrogens is 2. The van der Waals surface area contributed by atoms with Crippen LogP contribution in [0.1, 0.15) is 37.4 Å². The Bertz CT molecular complexity index is 1410. The van der Waals surface area contributed by atoms with Crippen LogP contribution in [-0.2, 0) is 11.2 Å². The molecule has 0 bridgehead atoms. The van der Waals surface area contributed by atoms with Gasteiger partial charge in [-0.3, -0.25) is 4.79 Å². The zero-order valence-electron chi connectivity index (χ0n) is 17.6. The number of carbonyl (C=O) groups excluding carboxylic acids is 1. The van der Waals surface area contributed by atoms with Crippen molar-refractivity contribution in [2.24, 2.45) is 0 Å². The molecule has 0 N–H and O–H groups in total. The second-order valence-electron chi connectivity index (χ2n) is 7.57. The van der Waals surface area contributed by atoms with E-state index in [0.717, 1.165) is 22.9 Å². The first-order valence-corrected chi connectivity index (χ1v) is 10.2. The molecule has 0 radical (unpaired) electrons. The molecule has 6 heteroatoms. The Hall–Kier alpha value is -4.03. The Labute approximate surface area is 184 Å². The molecule has 0 fully saturated rings. The van der Waals surface area contributed by atoms with Crippen molar-refractivity contribution in [3.63, 3.8) is 0 Å². The number of nitrogens with zero attached hydrogens (tertiary/aromatic N) is 3. The van der Waals surface area contributed by atoms with E-state index in [1.807, 2.05) is 31.2 Å². The number of halogens is 2. The van der Waals surface area contributed by atoms with Crippen molar-refractivity contribution in [2.75, 3.05) is 0 Å². The molecule has 1 aliphatic rings. The van der Waals surface area contributed by atoms with E-state index in [9.17, 15) is 18.8 Å². The van der Waals surface area contributed by atoms with E-state index >= 15 is 0 Å². The van der Waals surface area contributed by atoms with Crippen LogP contribution in [0, 0.1) is 29.0 Å². The predicted molar refractivity (Wildman–Crippen MR) is 119 cm³/mol. The number of hydrogen-bond acceptors (Lipinski definition) is 3. The predicted octanol–water partition coefficient (Wildman–Crippen LogP) is 5.59. The van der Waals surface area contributed by atoms with Crippen LogP contribution >= 0.6 is 0 Å². The molecule has 1 atom stereocenters. The summed E-state index contributed by atoms with van der Waals surface area (Å²) in [5.74, 6) is 4.72. The Morgan fingerprint density at radius 3 is 2.81 bits per heavy atom. The van der Waals surface area contributed by atoms with Gasteiger partial charge in [-0.2, -0.15) is 10.4 Å². The lowest BCUT2D eigenvalue weighted by Gasteiger charge is -2.15. The maximum Gasteiger partial charge on any atom is 0.152 e. The van der Waals surface area contributed by atoms with Gasteiger partial charge in [-0.1, -0.05) is 24.8 Å². The summed E-state index contributed by atoms with van der Waals surface area (Å²) in [7, 11) is 0. The lowest BCUT2D eigenvalue weighted by Crippen LogP contribution is -2.12. The van der Waals surface area contributed by atoms with Gasteiger partial charge in [-0.15, -0.1) is 0 Å². The summed E-state index contributed by atoms with van der Waals surface area (Å²) in [5, 5.41) is 14.9. The molecule has 0 amide bonds. The number of carbonyl (C=O) groups is 1. The first kappa shape index (κ1) is 21.2. The van der Waals surface area contributed by atoms with Crippen molar-refractivity contribution in [1.82, 2.24) is 9.78 Å². The van der Waals surface area contributed by atoms with Crippen molar-refractivity contribution in [1.29, 1.82) is 5.26 Å². The van der Waals surface area contributed by atoms with Crippen LogP contribution in [-0.4, -0.2) is 16.1 Å². The Balaban J connectivity index is 1.97. The molecule has 4 nitrogen and oxygen atoms in total. The molecule has 2 aromatic carbocycles. The standard InChI is InChI=1S/C26H19F2N3O/c1-3-17-7-10-25-21(12-17)26(18-8-9-23(28)19(13-18)14-29)30-31(25)24-6-4-5-22(27)20(15-32)11-16(24)2/h7-13,15,24H,3,5H2,1-2H3/b16-11-,22-20-. The van der Waals surface area contributed by atoms with Gasteiger partial charge in [-0.25, -0.2) is 13.5 Å². The summed E-state index contributed by atoms with van der Waals surface area (Å²) >= 11 is 0. The third-order valence-corrected chi connectivity index (χ3v) is 5.52. The fourth-order valence-corrected chi connectivity index (χ4v) is 3.77. The minimum atomic E-state index is -0.589. The molecule has 0 spiro atoms. The minimum absolute atomic E-state index is 0.0244. The highest BCUT2D eigenvalue weighted by Crippen LogP contribution is 2.34. The quantitative estimate of drug-likeness (QED) is 0.403. The Kier molecular flexibility index (Phi) is 5.71. The van der Waals surface area contributed by atoms with Gasteiger partial charge in [0.15, 0.2) is 6.29 Å². The van der Waals surface area contributed by atoms with Gasteiger partial charge < -0.3 is 0 Å². The Morgan fingerprint density at radius 2 is 2.09 bits per heavy atom. The van der Waals surface area contributed by atoms with Gasteiger partial charge in [0, 0.05) is 16.5 Å². The second-order valence-corrected chi connectivity index (χ2v) is 7.57. The van der Waals surface area contributed by atoms with Crippen molar-refractivity contribution in [3.05, 3.63) is 76.4 Å². The summed E-state index contributed by atoms with van der Waals surface area (Å²) < 4.78 is 29.7. The largest absolute Gasteiger partial charge is 0.298 e. The molecule has 0 aliphatic heterocycles. The summed E-state index contributed by atoms with van der Waals surface area (Å²) in [6.07, 6.45) is 2.66. The van der Waals surface area contributed by atoms with Gasteiger partial charge in [-0.05, 0) is 60.9 Å². The first-order valence-electron chi connectivity index (χ1n) is 10.2. The number of aryl methyl sites for hydroxylation is 1. The SMILES string of the molecule is CCc1ccc2c(c1)c(-c1ccc(F)c(C#N)c1)nn2C1C#CC/C(F)=C(C=O)\C=C/1C. The van der Waals surface area contributed by atoms with E-state index in [4.69, 9.17) is 5.10 Å². The van der Waals surface area contributed by atoms with Gasteiger partial charge >= 0.3 is 0 Å². The lowest BCUT2D eigenvalue weighted by molar-refractivity contribution is -0.104. The molecule has 1 aromatic heterocycles. The monoisotopic (exact) mass is 427 g/mol. The van der Waals surface area contributed by atoms with E-state index in [1.54, 1.807) is 17.7 Å². The fourth-order valence-electron chi connectivity index (χ4n) is 3.77. The zero-order valence-corrected chi connectivity index (χ0v) is 17.6. The fraction of sp³-hybridized carbons (Fsp3) is 0.192. The molecule has 1 unspecified atom stereocenters. The van der Waals surface area contributed by atoms with Crippen LogP contribution in [0.25, 0.3) is 22.2 Å². The van der Waals surface area contributed by atoms with E-state index in [0.29, 0.717) is 23.1 Å². The molecule has 4 rings (SSSR count). The number of hydrogen-bond donors (Lipinski definition) is 0. The van der Waals surface area contributed by atoms with E-state index < -0.39 is 17.7 Å². The van der Waals surface area contributed by atoms with Crippen molar-refractivity contribution >= 4 is 17.2 Å². The van der Waals surface area contributed by atoms with Gasteiger partial charge in [0.25, 0.3) is 0 Å². The number of nitriles is 1. The van der Waals surface area contributed by atoms with Crippen molar-refractivity contribution in [2.45, 2.75) is 32.7 Å². The third kappa shape index (κ3) is 3.72. The molecule has 1 aliphatic carbocycles. The van der Waals surface area contributed by atoms with E-state index in [1.165, 1.54) is 18.2 Å². The van der Waals surface area contributed by atoms with Crippen LogP contribution in [0.3, 0.4) is 0 Å². The van der Waals surface area contributed by atoms with Crippen LogP contribution in [0.5, 0.6) is 0 Å². The smallest absolute Gasteiger partial charge is 0.152 e. The molecule has 158 valence electrons. The molecular weight excluding hydrogens is 408 g/mol. The van der Waals surface area contributed by atoms with Crippen LogP contribution < -0.4 is 0 Å². The van der Waals surface area contributed by atoms with Crippen LogP contribution in [0.4, 0.5) is 8.78 Å². The molecule has 0 saturated carbocycles. The van der Waals surface area contributed by atoms with Crippen molar-refractivity contribution < 1.29 is 13.6 Å². The highest BCUT2D eigenvalue weighted by molar-refractivity contribution is 5.94. The van der Waals surface area contributed by atoms with Crippen LogP contribution in [0.15, 0.2) is 59.4 Å². The zero-order chi connectivity index (χ0) is 22.8. The van der Waals surface area contributed by atoms with Crippen LogP contribution in [0.2, 0.25) is 0 Å². The van der Waals surface area contributed by atoms with E-state index in [2.05, 4.69) is 11.8 Å². The average Bonchev–Trinajstić information content (AvgIpc) is 3.17. The number of rotatable bonds is 4. The van der Waals surface area contributed by atoms with Gasteiger partial charge in [0.2, 0.25) is 0 Å². The van der Waals surface area contributed by atoms with E-state index in [-0.39, 0.29) is 17.6 Å². The average molecular weight is 427 g/mol. The van der Waals surface area contributed by atoms with Gasteiger partial charge in [0.1, 0.15) is 29.4 Å². The highest BCUT2D eigenvalue weighted by Gasteiger charge is 2.21. The number of aldehydes is 1. The topological polar surface area (TPSA) is 58.7 Å². The number of allylic oxidation sites excluding steroid dienone is 4. The maximum atomic E-state index is 14.1. The summed E-state index contributed by atoms with van der Waals surface area (Å²) in [6.45, 7) is 3.83. The normalized spacial score (nSPS) is 19.8. The first-order chi connectivity index (χ1) is 15.5. The second kappa shape index (κ2) is 8.61. The molecular formula is C26H19F2N3O. The summed E-state index contributed by atoms with van der Waals surface area (Å²) in [4.78, 5) is 11.3. The minimum Gasteiger partial charge on any atom is -0.298 e. The summed E-state index contributed by atoms with van der Waals surface area (Å²) in [6, 6.07) is 11.7. The lowest BCUT2D eigenvalue weighted by atomic mass is 10.0. The molecule has 0 saturated heterocycles. The Morgan fingerprint density at radius 1 is 1.28 bits per heavy atom. The van der Waals surface area contributed by atoms with Crippen molar-refractivity contribution in [3.8, 4) is 29.2 Å². The molecule has 32 heavy (non-hydrogen) atoms. The number of fused-ring (bicyclic) bond motifs is 1. The number of benzene rings is 2. The highest BCUT2D eigenvalue weighted by atomic mass is 19.1. The molecule has 1 heterocycles. The van der Waals surface area contributed by atoms with Gasteiger partial charge in [0.05, 0.1) is 17.5 Å². The maximum absolute atomic E-state index is 14.1. The summed E-state index contributed by atoms with van der Waals surface area (Å²) in [5.41, 5.74) is 3.69. The molecule has 3 aromatic rings. The third-order valence-electron chi connectivity index (χ3n) is 5.52.